The number of hydrogen-bond acceptors (Lipinski definition) is 4. The number of rotatable bonds is 8. The second kappa shape index (κ2) is 9.47. The molecular formula is C19H22N2O3. The van der Waals surface area contributed by atoms with Crippen LogP contribution in [0.15, 0.2) is 60.7 Å². The minimum atomic E-state index is -0.359. The summed E-state index contributed by atoms with van der Waals surface area (Å²) < 4.78 is 4.72. The molecule has 2 aromatic carbocycles. The molecule has 0 aliphatic rings. The van der Waals surface area contributed by atoms with Crippen molar-refractivity contribution < 1.29 is 14.3 Å². The van der Waals surface area contributed by atoms with Gasteiger partial charge in [-0.05, 0) is 11.1 Å². The zero-order valence-corrected chi connectivity index (χ0v) is 13.8. The van der Waals surface area contributed by atoms with Crippen molar-refractivity contribution in [2.45, 2.75) is 13.1 Å². The van der Waals surface area contributed by atoms with Crippen molar-refractivity contribution in [3.05, 3.63) is 71.8 Å². The molecule has 0 aromatic heterocycles. The Bertz CT molecular complexity index is 644. The largest absolute Gasteiger partial charge is 0.468 e. The number of carbonyl (C=O) groups is 2. The van der Waals surface area contributed by atoms with Crippen molar-refractivity contribution in [2.24, 2.45) is 0 Å². The van der Waals surface area contributed by atoms with Crippen molar-refractivity contribution in [1.82, 2.24) is 10.2 Å². The molecular weight excluding hydrogens is 304 g/mol. The van der Waals surface area contributed by atoms with Gasteiger partial charge in [0.1, 0.15) is 0 Å². The normalized spacial score (nSPS) is 10.4. The Hall–Kier alpha value is -2.66. The van der Waals surface area contributed by atoms with Gasteiger partial charge in [-0.25, -0.2) is 0 Å². The van der Waals surface area contributed by atoms with Gasteiger partial charge in [0, 0.05) is 13.1 Å². The monoisotopic (exact) mass is 326 g/mol. The quantitative estimate of drug-likeness (QED) is 0.754. The van der Waals surface area contributed by atoms with E-state index < -0.39 is 0 Å². The molecule has 0 saturated carbocycles. The summed E-state index contributed by atoms with van der Waals surface area (Å²) in [5, 5.41) is 2.87. The number of nitrogens with zero attached hydrogens (tertiary/aromatic N) is 1. The molecule has 5 heteroatoms. The van der Waals surface area contributed by atoms with E-state index in [0.717, 1.165) is 11.1 Å². The molecule has 0 unspecified atom stereocenters. The van der Waals surface area contributed by atoms with Gasteiger partial charge in [-0.2, -0.15) is 0 Å². The molecule has 0 atom stereocenters. The van der Waals surface area contributed by atoms with Crippen LogP contribution in [-0.4, -0.2) is 37.0 Å². The molecule has 0 radical (unpaired) electrons. The lowest BCUT2D eigenvalue weighted by atomic mass is 10.2. The van der Waals surface area contributed by atoms with E-state index in [4.69, 9.17) is 4.74 Å². The van der Waals surface area contributed by atoms with Crippen molar-refractivity contribution in [3.63, 3.8) is 0 Å². The minimum Gasteiger partial charge on any atom is -0.468 e. The molecule has 0 bridgehead atoms. The second-order valence-corrected chi connectivity index (χ2v) is 5.47. The first-order valence-corrected chi connectivity index (χ1v) is 7.81. The van der Waals surface area contributed by atoms with Gasteiger partial charge in [-0.15, -0.1) is 0 Å². The Morgan fingerprint density at radius 1 is 0.917 bits per heavy atom. The summed E-state index contributed by atoms with van der Waals surface area (Å²) in [4.78, 5) is 25.5. The molecule has 1 amide bonds. The number of carbonyl (C=O) groups excluding carboxylic acids is 2. The Morgan fingerprint density at radius 3 is 2.08 bits per heavy atom. The fraction of sp³-hybridized carbons (Fsp3) is 0.263. The second-order valence-electron chi connectivity index (χ2n) is 5.47. The van der Waals surface area contributed by atoms with Crippen LogP contribution in [0.25, 0.3) is 0 Å². The predicted molar refractivity (Wildman–Crippen MR) is 92.0 cm³/mol. The van der Waals surface area contributed by atoms with E-state index in [1.807, 2.05) is 60.7 Å². The van der Waals surface area contributed by atoms with Crippen LogP contribution in [-0.2, 0) is 27.4 Å². The molecule has 0 saturated heterocycles. The highest BCUT2D eigenvalue weighted by molar-refractivity contribution is 5.79. The maximum absolute atomic E-state index is 12.2. The standard InChI is InChI=1S/C19H22N2O3/c1-24-19(23)15-21(13-17-10-6-3-7-11-17)14-18(22)20-12-16-8-4-2-5-9-16/h2-11H,12-15H2,1H3,(H,20,22). The Balaban J connectivity index is 1.91. The van der Waals surface area contributed by atoms with Gasteiger partial charge in [0.05, 0.1) is 20.2 Å². The first-order valence-electron chi connectivity index (χ1n) is 7.81. The maximum Gasteiger partial charge on any atom is 0.319 e. The molecule has 0 spiro atoms. The lowest BCUT2D eigenvalue weighted by molar-refractivity contribution is -0.142. The number of esters is 1. The topological polar surface area (TPSA) is 58.6 Å². The maximum atomic E-state index is 12.2. The lowest BCUT2D eigenvalue weighted by Crippen LogP contribution is -2.39. The molecule has 126 valence electrons. The molecule has 1 N–H and O–H groups in total. The third kappa shape index (κ3) is 6.22. The van der Waals surface area contributed by atoms with Crippen LogP contribution in [0.2, 0.25) is 0 Å². The zero-order chi connectivity index (χ0) is 17.2. The van der Waals surface area contributed by atoms with Crippen LogP contribution >= 0.6 is 0 Å². The van der Waals surface area contributed by atoms with Crippen LogP contribution in [0, 0.1) is 0 Å². The molecule has 0 aliphatic carbocycles. The number of benzene rings is 2. The number of hydrogen-bond donors (Lipinski definition) is 1. The SMILES string of the molecule is COC(=O)CN(CC(=O)NCc1ccccc1)Cc1ccccc1. The van der Waals surface area contributed by atoms with Crippen molar-refractivity contribution >= 4 is 11.9 Å². The number of ether oxygens (including phenoxy) is 1. The van der Waals surface area contributed by atoms with Crippen molar-refractivity contribution in [3.8, 4) is 0 Å². The van der Waals surface area contributed by atoms with E-state index in [1.165, 1.54) is 7.11 Å². The molecule has 0 aliphatic heterocycles. The first kappa shape index (κ1) is 17.7. The van der Waals surface area contributed by atoms with Crippen LogP contribution in [0.4, 0.5) is 0 Å². The fourth-order valence-electron chi connectivity index (χ4n) is 2.31. The third-order valence-electron chi connectivity index (χ3n) is 3.53. The number of nitrogens with one attached hydrogen (secondary N) is 1. The van der Waals surface area contributed by atoms with Gasteiger partial charge in [0.2, 0.25) is 5.91 Å². The van der Waals surface area contributed by atoms with E-state index in [2.05, 4.69) is 5.32 Å². The Labute approximate surface area is 142 Å². The number of methoxy groups -OCH3 is 1. The highest BCUT2D eigenvalue weighted by atomic mass is 16.5. The summed E-state index contributed by atoms with van der Waals surface area (Å²) in [5.41, 5.74) is 2.07. The van der Waals surface area contributed by atoms with E-state index in [9.17, 15) is 9.59 Å². The summed E-state index contributed by atoms with van der Waals surface area (Å²) in [6.45, 7) is 1.19. The fourth-order valence-corrected chi connectivity index (χ4v) is 2.31. The molecule has 0 fully saturated rings. The van der Waals surface area contributed by atoms with E-state index in [1.54, 1.807) is 4.90 Å². The van der Waals surface area contributed by atoms with Gasteiger partial charge in [0.25, 0.3) is 0 Å². The van der Waals surface area contributed by atoms with Gasteiger partial charge in [-0.1, -0.05) is 60.7 Å². The Kier molecular flexibility index (Phi) is 6.98. The lowest BCUT2D eigenvalue weighted by Gasteiger charge is -2.20. The summed E-state index contributed by atoms with van der Waals surface area (Å²) in [6.07, 6.45) is 0. The first-order chi connectivity index (χ1) is 11.7. The summed E-state index contributed by atoms with van der Waals surface area (Å²) in [5.74, 6) is -0.486. The predicted octanol–water partition coefficient (Wildman–Crippen LogP) is 1.98. The van der Waals surface area contributed by atoms with Crippen LogP contribution in [0.1, 0.15) is 11.1 Å². The molecule has 5 nitrogen and oxygen atoms in total. The van der Waals surface area contributed by atoms with Gasteiger partial charge >= 0.3 is 5.97 Å². The average Bonchev–Trinajstić information content (AvgIpc) is 2.61. The van der Waals surface area contributed by atoms with Gasteiger partial charge in [0.15, 0.2) is 0 Å². The highest BCUT2D eigenvalue weighted by Gasteiger charge is 2.15. The van der Waals surface area contributed by atoms with Gasteiger partial charge < -0.3 is 10.1 Å². The van der Waals surface area contributed by atoms with E-state index in [-0.39, 0.29) is 25.0 Å². The molecule has 24 heavy (non-hydrogen) atoms. The third-order valence-corrected chi connectivity index (χ3v) is 3.53. The minimum absolute atomic E-state index is 0.0736. The molecule has 2 rings (SSSR count). The smallest absolute Gasteiger partial charge is 0.319 e. The highest BCUT2D eigenvalue weighted by Crippen LogP contribution is 2.05. The Morgan fingerprint density at radius 2 is 1.50 bits per heavy atom. The molecule has 0 heterocycles. The van der Waals surface area contributed by atoms with E-state index in [0.29, 0.717) is 13.1 Å². The van der Waals surface area contributed by atoms with Crippen LogP contribution in [0.3, 0.4) is 0 Å². The van der Waals surface area contributed by atoms with Crippen LogP contribution < -0.4 is 5.32 Å². The van der Waals surface area contributed by atoms with Crippen molar-refractivity contribution in [1.29, 1.82) is 0 Å². The molecule has 2 aromatic rings. The van der Waals surface area contributed by atoms with Crippen LogP contribution in [0.5, 0.6) is 0 Å². The average molecular weight is 326 g/mol. The number of amides is 1. The van der Waals surface area contributed by atoms with E-state index >= 15 is 0 Å². The van der Waals surface area contributed by atoms with Crippen molar-refractivity contribution in [2.75, 3.05) is 20.2 Å². The summed E-state index contributed by atoms with van der Waals surface area (Å²) in [7, 11) is 1.35. The summed E-state index contributed by atoms with van der Waals surface area (Å²) in [6, 6.07) is 19.4. The summed E-state index contributed by atoms with van der Waals surface area (Å²) >= 11 is 0. The zero-order valence-electron chi connectivity index (χ0n) is 13.8. The van der Waals surface area contributed by atoms with Gasteiger partial charge in [-0.3, -0.25) is 14.5 Å².